The van der Waals surface area contributed by atoms with Gasteiger partial charge in [0, 0.05) is 4.88 Å². The Morgan fingerprint density at radius 1 is 1.27 bits per heavy atom. The van der Waals surface area contributed by atoms with E-state index in [0.717, 1.165) is 4.88 Å². The van der Waals surface area contributed by atoms with Crippen molar-refractivity contribution >= 4 is 33.0 Å². The fraction of sp³-hybridized carbons (Fsp3) is 0.267. The summed E-state index contributed by atoms with van der Waals surface area (Å²) in [6.45, 7) is -0.0263. The number of anilines is 1. The molecular formula is C15H15NO4S2. The number of rotatable bonds is 5. The number of hydrogen-bond acceptors (Lipinski definition) is 4. The molecule has 5 nitrogen and oxygen atoms in total. The Bertz CT molecular complexity index is 784. The van der Waals surface area contributed by atoms with Crippen LogP contribution in [0, 0.1) is 0 Å². The number of benzene rings is 1. The minimum absolute atomic E-state index is 0.0197. The van der Waals surface area contributed by atoms with E-state index in [2.05, 4.69) is 0 Å². The Kier molecular flexibility index (Phi) is 3.92. The predicted molar refractivity (Wildman–Crippen MR) is 86.0 cm³/mol. The van der Waals surface area contributed by atoms with Gasteiger partial charge in [0.2, 0.25) is 10.0 Å². The lowest BCUT2D eigenvalue weighted by molar-refractivity contribution is -0.138. The van der Waals surface area contributed by atoms with Crippen molar-refractivity contribution in [1.29, 1.82) is 0 Å². The monoisotopic (exact) mass is 337 g/mol. The summed E-state index contributed by atoms with van der Waals surface area (Å²) in [7, 11) is -3.54. The molecule has 0 bridgehead atoms. The van der Waals surface area contributed by atoms with Gasteiger partial charge in [-0.2, -0.15) is 0 Å². The number of carboxylic acid groups (broad SMARTS) is 1. The fourth-order valence-corrected chi connectivity index (χ4v) is 5.02. The maximum Gasteiger partial charge on any atom is 0.312 e. The van der Waals surface area contributed by atoms with Crippen molar-refractivity contribution in [2.75, 3.05) is 16.6 Å². The third-order valence-electron chi connectivity index (χ3n) is 3.75. The first-order valence-electron chi connectivity index (χ1n) is 6.83. The van der Waals surface area contributed by atoms with Gasteiger partial charge in [-0.25, -0.2) is 8.42 Å². The van der Waals surface area contributed by atoms with Crippen LogP contribution in [0.1, 0.15) is 16.4 Å². The number of thiophene rings is 1. The van der Waals surface area contributed by atoms with Crippen molar-refractivity contribution in [3.05, 3.63) is 52.2 Å². The van der Waals surface area contributed by atoms with Gasteiger partial charge in [-0.15, -0.1) is 11.3 Å². The second kappa shape index (κ2) is 5.73. The SMILES string of the molecule is O=C(O)C1CN(S(=O)(=O)CCc2cccs2)c2ccccc21. The smallest absolute Gasteiger partial charge is 0.312 e. The average Bonchev–Trinajstić information content (AvgIpc) is 3.13. The molecule has 0 spiro atoms. The molecule has 1 atom stereocenters. The van der Waals surface area contributed by atoms with E-state index in [1.165, 1.54) is 15.6 Å². The van der Waals surface area contributed by atoms with Crippen LogP contribution in [-0.2, 0) is 21.2 Å². The third-order valence-corrected chi connectivity index (χ3v) is 6.42. The number of carbonyl (C=O) groups is 1. The van der Waals surface area contributed by atoms with E-state index in [1.807, 2.05) is 17.5 Å². The molecule has 1 aromatic heterocycles. The molecule has 1 N–H and O–H groups in total. The molecule has 3 rings (SSSR count). The number of aryl methyl sites for hydroxylation is 1. The van der Waals surface area contributed by atoms with Crippen LogP contribution in [0.3, 0.4) is 0 Å². The average molecular weight is 337 g/mol. The molecule has 7 heteroatoms. The molecule has 1 aliphatic rings. The fourth-order valence-electron chi connectivity index (χ4n) is 2.64. The van der Waals surface area contributed by atoms with E-state index in [-0.39, 0.29) is 12.3 Å². The van der Waals surface area contributed by atoms with Gasteiger partial charge in [0.1, 0.15) is 5.92 Å². The van der Waals surface area contributed by atoms with Crippen molar-refractivity contribution in [3.8, 4) is 0 Å². The van der Waals surface area contributed by atoms with Crippen molar-refractivity contribution < 1.29 is 18.3 Å². The molecule has 0 saturated carbocycles. The van der Waals surface area contributed by atoms with E-state index < -0.39 is 21.9 Å². The molecule has 0 fully saturated rings. The van der Waals surface area contributed by atoms with Gasteiger partial charge < -0.3 is 5.11 Å². The maximum atomic E-state index is 12.6. The number of hydrogen-bond donors (Lipinski definition) is 1. The van der Waals surface area contributed by atoms with Gasteiger partial charge in [0.15, 0.2) is 0 Å². The van der Waals surface area contributed by atoms with Crippen LogP contribution >= 0.6 is 11.3 Å². The van der Waals surface area contributed by atoms with Gasteiger partial charge in [0.25, 0.3) is 0 Å². The highest BCUT2D eigenvalue weighted by molar-refractivity contribution is 7.92. The molecule has 0 aliphatic carbocycles. The number of nitrogens with zero attached hydrogens (tertiary/aromatic N) is 1. The number of carboxylic acids is 1. The number of para-hydroxylation sites is 1. The molecule has 2 aromatic rings. The first-order valence-corrected chi connectivity index (χ1v) is 9.32. The largest absolute Gasteiger partial charge is 0.481 e. The van der Waals surface area contributed by atoms with Gasteiger partial charge in [-0.1, -0.05) is 24.3 Å². The van der Waals surface area contributed by atoms with Crippen molar-refractivity contribution in [3.63, 3.8) is 0 Å². The summed E-state index contributed by atoms with van der Waals surface area (Å²) in [5.74, 6) is -1.81. The molecule has 0 amide bonds. The van der Waals surface area contributed by atoms with E-state index in [0.29, 0.717) is 17.7 Å². The van der Waals surface area contributed by atoms with E-state index >= 15 is 0 Å². The van der Waals surface area contributed by atoms with Crippen LogP contribution in [0.2, 0.25) is 0 Å². The van der Waals surface area contributed by atoms with Crippen LogP contribution in [-0.4, -0.2) is 31.8 Å². The number of sulfonamides is 1. The summed E-state index contributed by atoms with van der Waals surface area (Å²) in [6.07, 6.45) is 0.441. The Labute approximate surface area is 132 Å². The second-order valence-corrected chi connectivity index (χ2v) is 8.17. The third kappa shape index (κ3) is 2.74. The molecule has 0 saturated heterocycles. The lowest BCUT2D eigenvalue weighted by Crippen LogP contribution is -2.33. The lowest BCUT2D eigenvalue weighted by atomic mass is 10.0. The Balaban J connectivity index is 1.86. The zero-order valence-electron chi connectivity index (χ0n) is 11.7. The first kappa shape index (κ1) is 15.1. The van der Waals surface area contributed by atoms with Crippen molar-refractivity contribution in [1.82, 2.24) is 0 Å². The normalized spacial score (nSPS) is 17.5. The predicted octanol–water partition coefficient (Wildman–Crippen LogP) is 2.31. The van der Waals surface area contributed by atoms with Crippen molar-refractivity contribution in [2.24, 2.45) is 0 Å². The van der Waals surface area contributed by atoms with E-state index in [4.69, 9.17) is 0 Å². The molecule has 1 aromatic carbocycles. The van der Waals surface area contributed by atoms with E-state index in [1.54, 1.807) is 24.3 Å². The first-order chi connectivity index (χ1) is 10.5. The van der Waals surface area contributed by atoms with E-state index in [9.17, 15) is 18.3 Å². The van der Waals surface area contributed by atoms with Gasteiger partial charge in [-0.05, 0) is 29.5 Å². The van der Waals surface area contributed by atoms with Gasteiger partial charge in [0.05, 0.1) is 18.0 Å². The van der Waals surface area contributed by atoms with Crippen LogP contribution in [0.4, 0.5) is 5.69 Å². The molecular weight excluding hydrogens is 322 g/mol. The Morgan fingerprint density at radius 3 is 2.73 bits per heavy atom. The highest BCUT2D eigenvalue weighted by Crippen LogP contribution is 2.38. The quantitative estimate of drug-likeness (QED) is 0.908. The summed E-state index contributed by atoms with van der Waals surface area (Å²) < 4.78 is 26.4. The topological polar surface area (TPSA) is 74.7 Å². The highest BCUT2D eigenvalue weighted by atomic mass is 32.2. The van der Waals surface area contributed by atoms with Crippen LogP contribution in [0.25, 0.3) is 0 Å². The molecule has 22 heavy (non-hydrogen) atoms. The minimum Gasteiger partial charge on any atom is -0.481 e. The summed E-state index contributed by atoms with van der Waals surface area (Å²) in [6, 6.07) is 10.6. The molecule has 116 valence electrons. The zero-order valence-corrected chi connectivity index (χ0v) is 13.3. The summed E-state index contributed by atoms with van der Waals surface area (Å²) >= 11 is 1.52. The summed E-state index contributed by atoms with van der Waals surface area (Å²) in [5.41, 5.74) is 1.05. The Hall–Kier alpha value is -1.86. The highest BCUT2D eigenvalue weighted by Gasteiger charge is 2.38. The summed E-state index contributed by atoms with van der Waals surface area (Å²) in [5, 5.41) is 11.2. The zero-order chi connectivity index (χ0) is 15.7. The Morgan fingerprint density at radius 2 is 2.05 bits per heavy atom. The summed E-state index contributed by atoms with van der Waals surface area (Å²) in [4.78, 5) is 12.4. The number of fused-ring (bicyclic) bond motifs is 1. The maximum absolute atomic E-state index is 12.6. The lowest BCUT2D eigenvalue weighted by Gasteiger charge is -2.19. The minimum atomic E-state index is -3.54. The molecule has 2 heterocycles. The molecule has 1 aliphatic heterocycles. The van der Waals surface area contributed by atoms with Crippen molar-refractivity contribution in [2.45, 2.75) is 12.3 Å². The number of aliphatic carboxylic acids is 1. The molecule has 1 unspecified atom stereocenters. The van der Waals surface area contributed by atoms with Gasteiger partial charge >= 0.3 is 5.97 Å². The van der Waals surface area contributed by atoms with Crippen LogP contribution in [0.15, 0.2) is 41.8 Å². The van der Waals surface area contributed by atoms with Gasteiger partial charge in [-0.3, -0.25) is 9.10 Å². The standard InChI is InChI=1S/C15H15NO4S2/c17-15(18)13-10-16(14-6-2-1-5-12(13)14)22(19,20)9-7-11-4-3-8-21-11/h1-6,8,13H,7,9-10H2,(H,17,18). The molecule has 0 radical (unpaired) electrons. The van der Waals surface area contributed by atoms with Crippen LogP contribution in [0.5, 0.6) is 0 Å². The van der Waals surface area contributed by atoms with Crippen LogP contribution < -0.4 is 4.31 Å². The second-order valence-electron chi connectivity index (χ2n) is 5.13.